The Morgan fingerprint density at radius 3 is 2.74 bits per heavy atom. The van der Waals surface area contributed by atoms with Crippen molar-refractivity contribution in [1.29, 1.82) is 0 Å². The Labute approximate surface area is 115 Å². The monoisotopic (exact) mass is 261 g/mol. The molecule has 0 radical (unpaired) electrons. The van der Waals surface area contributed by atoms with E-state index in [9.17, 15) is 0 Å². The van der Waals surface area contributed by atoms with Crippen LogP contribution in [0.4, 0.5) is 0 Å². The lowest BCUT2D eigenvalue weighted by atomic mass is 9.99. The van der Waals surface area contributed by atoms with E-state index in [-0.39, 0.29) is 0 Å². The van der Waals surface area contributed by atoms with Gasteiger partial charge in [-0.15, -0.1) is 0 Å². The van der Waals surface area contributed by atoms with Gasteiger partial charge in [0.25, 0.3) is 0 Å². The van der Waals surface area contributed by atoms with Gasteiger partial charge in [0.1, 0.15) is 5.75 Å². The summed E-state index contributed by atoms with van der Waals surface area (Å²) in [4.78, 5) is 5.11. The third-order valence-electron chi connectivity index (χ3n) is 4.41. The molecule has 2 atom stereocenters. The molecule has 1 aromatic carbocycles. The minimum absolute atomic E-state index is 0.500. The number of nitrogens with zero attached hydrogens (tertiary/aromatic N) is 2. The summed E-state index contributed by atoms with van der Waals surface area (Å²) in [6, 6.07) is 9.69. The van der Waals surface area contributed by atoms with Gasteiger partial charge in [-0.2, -0.15) is 0 Å². The predicted octanol–water partition coefficient (Wildman–Crippen LogP) is 0.956. The Hall–Kier alpha value is -1.10. The summed E-state index contributed by atoms with van der Waals surface area (Å²) in [7, 11) is 3.95. The molecular weight excluding hydrogens is 238 g/mol. The zero-order valence-corrected chi connectivity index (χ0v) is 11.8. The Kier molecular flexibility index (Phi) is 3.73. The van der Waals surface area contributed by atoms with Crippen LogP contribution in [0.5, 0.6) is 5.75 Å². The lowest BCUT2D eigenvalue weighted by Gasteiger charge is -2.47. The number of rotatable bonds is 2. The van der Waals surface area contributed by atoms with Gasteiger partial charge in [0.15, 0.2) is 0 Å². The highest BCUT2D eigenvalue weighted by Gasteiger charge is 2.33. The molecule has 104 valence electrons. The van der Waals surface area contributed by atoms with Crippen LogP contribution in [0.25, 0.3) is 0 Å². The van der Waals surface area contributed by atoms with E-state index in [4.69, 9.17) is 4.74 Å². The molecule has 0 saturated carbocycles. The molecule has 2 aliphatic rings. The normalized spacial score (nSPS) is 28.9. The maximum Gasteiger partial charge on any atom is 0.118 e. The van der Waals surface area contributed by atoms with Crippen LogP contribution in [-0.2, 0) is 0 Å². The summed E-state index contributed by atoms with van der Waals surface area (Å²) >= 11 is 0. The van der Waals surface area contributed by atoms with Crippen molar-refractivity contribution < 1.29 is 4.74 Å². The van der Waals surface area contributed by atoms with Gasteiger partial charge >= 0.3 is 0 Å². The van der Waals surface area contributed by atoms with Crippen LogP contribution in [0.15, 0.2) is 24.3 Å². The molecule has 2 unspecified atom stereocenters. The number of ether oxygens (including phenoxy) is 1. The quantitative estimate of drug-likeness (QED) is 0.858. The molecule has 2 aliphatic heterocycles. The topological polar surface area (TPSA) is 27.7 Å². The smallest absolute Gasteiger partial charge is 0.118 e. The van der Waals surface area contributed by atoms with Crippen molar-refractivity contribution in [3.05, 3.63) is 29.8 Å². The molecule has 2 saturated heterocycles. The van der Waals surface area contributed by atoms with Crippen molar-refractivity contribution >= 4 is 0 Å². The van der Waals surface area contributed by atoms with Gasteiger partial charge in [0, 0.05) is 44.8 Å². The molecule has 2 fully saturated rings. The van der Waals surface area contributed by atoms with E-state index < -0.39 is 0 Å². The van der Waals surface area contributed by atoms with Gasteiger partial charge in [-0.1, -0.05) is 12.1 Å². The number of piperazine rings is 2. The van der Waals surface area contributed by atoms with Crippen LogP contribution >= 0.6 is 0 Å². The summed E-state index contributed by atoms with van der Waals surface area (Å²) in [6.45, 7) is 5.69. The zero-order chi connectivity index (χ0) is 13.2. The Morgan fingerprint density at radius 2 is 2.00 bits per heavy atom. The van der Waals surface area contributed by atoms with E-state index >= 15 is 0 Å². The Bertz CT molecular complexity index is 420. The van der Waals surface area contributed by atoms with Crippen molar-refractivity contribution in [3.8, 4) is 5.75 Å². The average molecular weight is 261 g/mol. The van der Waals surface area contributed by atoms with Crippen molar-refractivity contribution in [3.63, 3.8) is 0 Å². The lowest BCUT2D eigenvalue weighted by Crippen LogP contribution is -2.61. The molecule has 0 aliphatic carbocycles. The minimum Gasteiger partial charge on any atom is -0.497 e. The van der Waals surface area contributed by atoms with Crippen molar-refractivity contribution in [2.45, 2.75) is 12.1 Å². The molecular formula is C15H23N3O. The van der Waals surface area contributed by atoms with Crippen molar-refractivity contribution in [2.24, 2.45) is 0 Å². The third-order valence-corrected chi connectivity index (χ3v) is 4.41. The van der Waals surface area contributed by atoms with Gasteiger partial charge in [0.05, 0.1) is 7.11 Å². The average Bonchev–Trinajstić information content (AvgIpc) is 2.47. The molecule has 0 bridgehead atoms. The van der Waals surface area contributed by atoms with Crippen LogP contribution in [0.1, 0.15) is 11.6 Å². The highest BCUT2D eigenvalue weighted by Crippen LogP contribution is 2.28. The second kappa shape index (κ2) is 5.49. The van der Waals surface area contributed by atoms with E-state index in [0.717, 1.165) is 31.9 Å². The summed E-state index contributed by atoms with van der Waals surface area (Å²) in [5.74, 6) is 0.933. The fraction of sp³-hybridized carbons (Fsp3) is 0.600. The predicted molar refractivity (Wildman–Crippen MR) is 76.6 cm³/mol. The van der Waals surface area contributed by atoms with Gasteiger partial charge in [-0.25, -0.2) is 0 Å². The van der Waals surface area contributed by atoms with Crippen molar-refractivity contribution in [2.75, 3.05) is 46.9 Å². The first-order valence-electron chi connectivity index (χ1n) is 7.07. The van der Waals surface area contributed by atoms with E-state index in [1.54, 1.807) is 7.11 Å². The van der Waals surface area contributed by atoms with Gasteiger partial charge in [-0.05, 0) is 24.7 Å². The molecule has 1 N–H and O–H groups in total. The van der Waals surface area contributed by atoms with Crippen LogP contribution in [-0.4, -0.2) is 62.7 Å². The summed E-state index contributed by atoms with van der Waals surface area (Å²) in [5.41, 5.74) is 1.39. The van der Waals surface area contributed by atoms with Crippen molar-refractivity contribution in [1.82, 2.24) is 15.1 Å². The highest BCUT2D eigenvalue weighted by atomic mass is 16.5. The molecule has 4 nitrogen and oxygen atoms in total. The Morgan fingerprint density at radius 1 is 1.21 bits per heavy atom. The molecule has 1 aromatic rings. The number of hydrogen-bond donors (Lipinski definition) is 1. The summed E-state index contributed by atoms with van der Waals surface area (Å²) in [5, 5.41) is 3.49. The molecule has 0 amide bonds. The second-order valence-electron chi connectivity index (χ2n) is 5.58. The van der Waals surface area contributed by atoms with Gasteiger partial charge in [-0.3, -0.25) is 9.80 Å². The van der Waals surface area contributed by atoms with Crippen LogP contribution in [0.3, 0.4) is 0 Å². The van der Waals surface area contributed by atoms with Gasteiger partial charge < -0.3 is 10.1 Å². The number of hydrogen-bond acceptors (Lipinski definition) is 4. The Balaban J connectivity index is 1.75. The zero-order valence-electron chi connectivity index (χ0n) is 11.8. The molecule has 3 rings (SSSR count). The fourth-order valence-electron chi connectivity index (χ4n) is 3.23. The fourth-order valence-corrected chi connectivity index (χ4v) is 3.23. The summed E-state index contributed by atoms with van der Waals surface area (Å²) < 4.78 is 5.24. The van der Waals surface area contributed by atoms with E-state index in [1.807, 2.05) is 0 Å². The number of likely N-dealkylation sites (N-methyl/N-ethyl adjacent to an activating group) is 1. The largest absolute Gasteiger partial charge is 0.497 e. The maximum atomic E-state index is 5.24. The standard InChI is InChI=1S/C15H23N3O/c1-17-10-13-9-16-7-8-18(13)11-15(17)12-3-5-14(19-2)6-4-12/h3-6,13,15-16H,7-11H2,1-2H3. The minimum atomic E-state index is 0.500. The molecule has 0 aromatic heterocycles. The van der Waals surface area contributed by atoms with E-state index in [2.05, 4.69) is 46.4 Å². The first-order valence-corrected chi connectivity index (χ1v) is 7.07. The van der Waals surface area contributed by atoms with Crippen LogP contribution in [0, 0.1) is 0 Å². The number of benzene rings is 1. The van der Waals surface area contributed by atoms with Gasteiger partial charge in [0.2, 0.25) is 0 Å². The molecule has 2 heterocycles. The van der Waals surface area contributed by atoms with Crippen LogP contribution < -0.4 is 10.1 Å². The molecule has 19 heavy (non-hydrogen) atoms. The SMILES string of the molecule is COc1ccc(C2CN3CCNCC3CN2C)cc1. The first-order chi connectivity index (χ1) is 9.28. The highest BCUT2D eigenvalue weighted by molar-refractivity contribution is 5.29. The number of methoxy groups -OCH3 is 1. The second-order valence-corrected chi connectivity index (χ2v) is 5.58. The maximum absolute atomic E-state index is 5.24. The van der Waals surface area contributed by atoms with E-state index in [1.165, 1.54) is 12.1 Å². The molecule has 0 spiro atoms. The summed E-state index contributed by atoms with van der Waals surface area (Å²) in [6.07, 6.45) is 0. The van der Waals surface area contributed by atoms with E-state index in [0.29, 0.717) is 12.1 Å². The first kappa shape index (κ1) is 12.9. The number of nitrogens with one attached hydrogen (secondary N) is 1. The lowest BCUT2D eigenvalue weighted by molar-refractivity contribution is 0.0300. The number of fused-ring (bicyclic) bond motifs is 1. The molecule has 4 heteroatoms. The van der Waals surface area contributed by atoms with Crippen LogP contribution in [0.2, 0.25) is 0 Å². The third kappa shape index (κ3) is 2.61.